The first-order valence-electron chi connectivity index (χ1n) is 11.2. The molecule has 4 rings (SSSR count). The van der Waals surface area contributed by atoms with E-state index in [9.17, 15) is 9.59 Å². The monoisotopic (exact) mass is 447 g/mol. The van der Waals surface area contributed by atoms with E-state index in [1.807, 2.05) is 81.4 Å². The number of piperidine rings is 1. The van der Waals surface area contributed by atoms with Crippen LogP contribution in [0.15, 0.2) is 60.7 Å². The molecule has 1 aromatic heterocycles. The van der Waals surface area contributed by atoms with Gasteiger partial charge in [-0.1, -0.05) is 48.5 Å². The summed E-state index contributed by atoms with van der Waals surface area (Å²) in [6.07, 6.45) is 0.981. The Bertz CT molecular complexity index is 1040. The van der Waals surface area contributed by atoms with E-state index < -0.39 is 5.60 Å². The molecule has 8 nitrogen and oxygen atoms in total. The number of carbonyl (C=O) groups is 2. The van der Waals surface area contributed by atoms with E-state index in [-0.39, 0.29) is 23.9 Å². The van der Waals surface area contributed by atoms with Crippen molar-refractivity contribution in [3.63, 3.8) is 0 Å². The molecule has 3 aromatic rings. The highest BCUT2D eigenvalue weighted by Gasteiger charge is 2.28. The third-order valence-electron chi connectivity index (χ3n) is 5.32. The van der Waals surface area contributed by atoms with Gasteiger partial charge in [-0.25, -0.2) is 14.5 Å². The Kier molecular flexibility index (Phi) is 6.44. The fourth-order valence-corrected chi connectivity index (χ4v) is 3.71. The summed E-state index contributed by atoms with van der Waals surface area (Å²) >= 11 is 0. The number of hydrogen-bond donors (Lipinski definition) is 1. The van der Waals surface area contributed by atoms with Crippen LogP contribution in [0, 0.1) is 0 Å². The lowest BCUT2D eigenvalue weighted by molar-refractivity contribution is 0.0199. The van der Waals surface area contributed by atoms with Crippen LogP contribution in [0.25, 0.3) is 17.1 Å². The number of nitrogens with one attached hydrogen (secondary N) is 1. The predicted octanol–water partition coefficient (Wildman–Crippen LogP) is 4.06. The highest BCUT2D eigenvalue weighted by Crippen LogP contribution is 2.21. The number of rotatable bonds is 4. The van der Waals surface area contributed by atoms with Crippen LogP contribution >= 0.6 is 0 Å². The van der Waals surface area contributed by atoms with Gasteiger partial charge in [0.1, 0.15) is 5.60 Å². The molecule has 1 N–H and O–H groups in total. The number of nitrogens with zero attached hydrogens (tertiary/aromatic N) is 4. The van der Waals surface area contributed by atoms with E-state index in [1.54, 1.807) is 9.58 Å². The molecule has 0 spiro atoms. The van der Waals surface area contributed by atoms with Gasteiger partial charge in [0.15, 0.2) is 5.82 Å². The molecule has 0 radical (unpaired) electrons. The molecule has 0 bridgehead atoms. The molecule has 0 saturated carbocycles. The highest BCUT2D eigenvalue weighted by atomic mass is 16.6. The van der Waals surface area contributed by atoms with Crippen LogP contribution in [0.3, 0.4) is 0 Å². The van der Waals surface area contributed by atoms with E-state index in [1.165, 1.54) is 0 Å². The Morgan fingerprint density at radius 1 is 0.970 bits per heavy atom. The van der Waals surface area contributed by atoms with Gasteiger partial charge < -0.3 is 15.0 Å². The van der Waals surface area contributed by atoms with Gasteiger partial charge in [-0.2, -0.15) is 0 Å². The minimum Gasteiger partial charge on any atom is -0.444 e. The predicted molar refractivity (Wildman–Crippen MR) is 125 cm³/mol. The average Bonchev–Trinajstić information content (AvgIpc) is 3.25. The quantitative estimate of drug-likeness (QED) is 0.651. The summed E-state index contributed by atoms with van der Waals surface area (Å²) in [6.45, 7) is 6.61. The van der Waals surface area contributed by atoms with Gasteiger partial charge >= 0.3 is 6.09 Å². The molecule has 2 heterocycles. The van der Waals surface area contributed by atoms with Gasteiger partial charge in [-0.3, -0.25) is 4.79 Å². The Morgan fingerprint density at radius 3 is 2.18 bits per heavy atom. The lowest BCUT2D eigenvalue weighted by Crippen LogP contribution is -2.48. The standard InChI is InChI=1S/C25H29N5O3/c1-25(2,3)33-24(32)29-16-14-19(15-17-29)26-23(31)21-27-22(18-10-6-4-7-11-18)30(28-21)20-12-8-5-9-13-20/h4-13,19H,14-17H2,1-3H3,(H,26,31). The molecule has 0 atom stereocenters. The van der Waals surface area contributed by atoms with Crippen LogP contribution in [0.4, 0.5) is 4.79 Å². The molecule has 33 heavy (non-hydrogen) atoms. The number of hydrogen-bond acceptors (Lipinski definition) is 5. The first-order chi connectivity index (χ1) is 15.8. The smallest absolute Gasteiger partial charge is 0.410 e. The van der Waals surface area contributed by atoms with Crippen LogP contribution in [0.1, 0.15) is 44.2 Å². The summed E-state index contributed by atoms with van der Waals surface area (Å²) in [5, 5.41) is 7.55. The third-order valence-corrected chi connectivity index (χ3v) is 5.32. The van der Waals surface area contributed by atoms with Gasteiger partial charge in [0.05, 0.1) is 5.69 Å². The number of likely N-dealkylation sites (tertiary alicyclic amines) is 1. The van der Waals surface area contributed by atoms with Crippen molar-refractivity contribution in [2.24, 2.45) is 0 Å². The second-order valence-electron chi connectivity index (χ2n) is 9.09. The molecule has 2 aromatic carbocycles. The van der Waals surface area contributed by atoms with Crippen molar-refractivity contribution in [2.75, 3.05) is 13.1 Å². The Hall–Kier alpha value is -3.68. The third kappa shape index (κ3) is 5.58. The molecule has 2 amide bonds. The molecule has 0 aliphatic carbocycles. The SMILES string of the molecule is CC(C)(C)OC(=O)N1CCC(NC(=O)c2nc(-c3ccccc3)n(-c3ccccc3)n2)CC1. The normalized spacial score (nSPS) is 14.7. The van der Waals surface area contributed by atoms with E-state index >= 15 is 0 Å². The van der Waals surface area contributed by atoms with Gasteiger partial charge in [-0.15, -0.1) is 5.10 Å². The van der Waals surface area contributed by atoms with Gasteiger partial charge in [-0.05, 0) is 45.7 Å². The molecule has 0 unspecified atom stereocenters. The van der Waals surface area contributed by atoms with E-state index in [0.29, 0.717) is 31.8 Å². The topological polar surface area (TPSA) is 89.4 Å². The fourth-order valence-electron chi connectivity index (χ4n) is 3.71. The summed E-state index contributed by atoms with van der Waals surface area (Å²) < 4.78 is 7.13. The molecule has 1 saturated heterocycles. The zero-order valence-electron chi connectivity index (χ0n) is 19.2. The largest absolute Gasteiger partial charge is 0.444 e. The van der Waals surface area contributed by atoms with Crippen LogP contribution < -0.4 is 5.32 Å². The number of ether oxygens (including phenoxy) is 1. The van der Waals surface area contributed by atoms with Crippen molar-refractivity contribution in [3.8, 4) is 17.1 Å². The molecule has 1 aliphatic rings. The highest BCUT2D eigenvalue weighted by molar-refractivity contribution is 5.91. The number of carbonyl (C=O) groups excluding carboxylic acids is 2. The average molecular weight is 448 g/mol. The Balaban J connectivity index is 1.46. The number of para-hydroxylation sites is 1. The van der Waals surface area contributed by atoms with Crippen molar-refractivity contribution in [2.45, 2.75) is 45.3 Å². The molecule has 1 aliphatic heterocycles. The summed E-state index contributed by atoms with van der Waals surface area (Å²) in [6, 6.07) is 19.2. The van der Waals surface area contributed by atoms with E-state index in [0.717, 1.165) is 11.3 Å². The molecule has 1 fully saturated rings. The lowest BCUT2D eigenvalue weighted by atomic mass is 10.1. The van der Waals surface area contributed by atoms with Crippen molar-refractivity contribution in [3.05, 3.63) is 66.5 Å². The lowest BCUT2D eigenvalue weighted by Gasteiger charge is -2.33. The van der Waals surface area contributed by atoms with Crippen LogP contribution in [0.2, 0.25) is 0 Å². The zero-order chi connectivity index (χ0) is 23.4. The Morgan fingerprint density at radius 2 is 1.58 bits per heavy atom. The Labute approximate surface area is 193 Å². The van der Waals surface area contributed by atoms with Crippen molar-refractivity contribution in [1.82, 2.24) is 25.0 Å². The summed E-state index contributed by atoms with van der Waals surface area (Å²) in [5.41, 5.74) is 1.18. The van der Waals surface area contributed by atoms with Crippen molar-refractivity contribution < 1.29 is 14.3 Å². The number of amides is 2. The minimum absolute atomic E-state index is 0.0555. The van der Waals surface area contributed by atoms with E-state index in [2.05, 4.69) is 15.4 Å². The van der Waals surface area contributed by atoms with Gasteiger partial charge in [0.25, 0.3) is 5.91 Å². The maximum atomic E-state index is 13.0. The second-order valence-corrected chi connectivity index (χ2v) is 9.09. The first kappa shape index (κ1) is 22.5. The minimum atomic E-state index is -0.526. The molecule has 172 valence electrons. The number of benzene rings is 2. The zero-order valence-corrected chi connectivity index (χ0v) is 19.2. The van der Waals surface area contributed by atoms with Crippen molar-refractivity contribution >= 4 is 12.0 Å². The van der Waals surface area contributed by atoms with Crippen LogP contribution in [-0.2, 0) is 4.74 Å². The number of aromatic nitrogens is 3. The molecule has 8 heteroatoms. The first-order valence-corrected chi connectivity index (χ1v) is 11.2. The van der Waals surface area contributed by atoms with E-state index in [4.69, 9.17) is 4.74 Å². The maximum Gasteiger partial charge on any atom is 0.410 e. The summed E-state index contributed by atoms with van der Waals surface area (Å²) in [7, 11) is 0. The van der Waals surface area contributed by atoms with Gasteiger partial charge in [0.2, 0.25) is 5.82 Å². The second kappa shape index (κ2) is 9.44. The fraction of sp³-hybridized carbons (Fsp3) is 0.360. The van der Waals surface area contributed by atoms with Crippen LogP contribution in [-0.4, -0.2) is 56.4 Å². The summed E-state index contributed by atoms with van der Waals surface area (Å²) in [4.78, 5) is 31.5. The molecular formula is C25H29N5O3. The maximum absolute atomic E-state index is 13.0. The summed E-state index contributed by atoms with van der Waals surface area (Å²) in [5.74, 6) is 0.400. The van der Waals surface area contributed by atoms with Crippen LogP contribution in [0.5, 0.6) is 0 Å². The van der Waals surface area contributed by atoms with Gasteiger partial charge in [0, 0.05) is 24.7 Å². The molecular weight excluding hydrogens is 418 g/mol. The van der Waals surface area contributed by atoms with Crippen molar-refractivity contribution in [1.29, 1.82) is 0 Å².